The Kier molecular flexibility index (Phi) is 4.23. The summed E-state index contributed by atoms with van der Waals surface area (Å²) in [7, 11) is 0. The van der Waals surface area contributed by atoms with Gasteiger partial charge in [-0.05, 0) is 31.9 Å². The Balaban J connectivity index is 3.46. The van der Waals surface area contributed by atoms with Crippen molar-refractivity contribution in [3.63, 3.8) is 0 Å². The molecule has 0 aliphatic rings. The summed E-state index contributed by atoms with van der Waals surface area (Å²) in [5.41, 5.74) is 1.87. The third-order valence-corrected chi connectivity index (χ3v) is 4.00. The van der Waals surface area contributed by atoms with Gasteiger partial charge < -0.3 is 4.84 Å². The highest BCUT2D eigenvalue weighted by atomic mass is 79.9. The van der Waals surface area contributed by atoms with Gasteiger partial charge in [0.15, 0.2) is 0 Å². The molecule has 0 aliphatic carbocycles. The average Bonchev–Trinajstić information content (AvgIpc) is 2.28. The number of nitro groups is 1. The summed E-state index contributed by atoms with van der Waals surface area (Å²) >= 11 is 3.32. The minimum absolute atomic E-state index is 0.130. The van der Waals surface area contributed by atoms with E-state index in [0.29, 0.717) is 15.6 Å². The van der Waals surface area contributed by atoms with Gasteiger partial charge in [-0.2, -0.15) is 0 Å². The van der Waals surface area contributed by atoms with Gasteiger partial charge in [0.2, 0.25) is 0 Å². The van der Waals surface area contributed by atoms with E-state index in [4.69, 9.17) is 0 Å². The summed E-state index contributed by atoms with van der Waals surface area (Å²) in [4.78, 5) is 25.0. The van der Waals surface area contributed by atoms with Crippen LogP contribution in [-0.4, -0.2) is 10.0 Å². The third-order valence-electron chi connectivity index (χ3n) is 2.81. The van der Waals surface area contributed by atoms with Gasteiger partial charge in [0.25, 0.3) is 10.8 Å². The molecule has 18 heavy (non-hydrogen) atoms. The summed E-state index contributed by atoms with van der Waals surface area (Å²) in [5.74, 6) is 0. The molecule has 0 spiro atoms. The van der Waals surface area contributed by atoms with Crippen LogP contribution >= 0.6 is 15.9 Å². The molecule has 98 valence electrons. The van der Waals surface area contributed by atoms with Crippen molar-refractivity contribution in [2.24, 2.45) is 0 Å². The van der Waals surface area contributed by atoms with Gasteiger partial charge in [0, 0.05) is 10.0 Å². The van der Waals surface area contributed by atoms with E-state index in [1.54, 1.807) is 20.8 Å². The molecule has 0 atom stereocenters. The largest absolute Gasteiger partial charge is 0.309 e. The lowest BCUT2D eigenvalue weighted by molar-refractivity contribution is -0.763. The van der Waals surface area contributed by atoms with Gasteiger partial charge in [-0.25, -0.2) is 0 Å². The molecular weight excluding hydrogens is 308 g/mol. The van der Waals surface area contributed by atoms with Crippen molar-refractivity contribution in [1.82, 2.24) is 0 Å². The Morgan fingerprint density at radius 2 is 1.67 bits per heavy atom. The highest BCUT2D eigenvalue weighted by Gasteiger charge is 2.24. The average molecular weight is 319 g/mol. The Bertz CT molecular complexity index is 530. The van der Waals surface area contributed by atoms with Crippen LogP contribution in [0.4, 0.5) is 5.69 Å². The zero-order valence-corrected chi connectivity index (χ0v) is 11.6. The zero-order valence-electron chi connectivity index (χ0n) is 10.0. The molecule has 1 aromatic carbocycles. The molecule has 0 aliphatic heterocycles. The van der Waals surface area contributed by atoms with Gasteiger partial charge in [0.1, 0.15) is 6.61 Å². The monoisotopic (exact) mass is 318 g/mol. The van der Waals surface area contributed by atoms with Crippen LogP contribution in [0.25, 0.3) is 0 Å². The summed E-state index contributed by atoms with van der Waals surface area (Å²) in [5, 5.41) is 20.3. The van der Waals surface area contributed by atoms with E-state index in [0.717, 1.165) is 5.56 Å². The van der Waals surface area contributed by atoms with E-state index in [-0.39, 0.29) is 11.3 Å². The maximum atomic E-state index is 11.1. The van der Waals surface area contributed by atoms with Crippen LogP contribution in [0.2, 0.25) is 0 Å². The minimum Gasteiger partial charge on any atom is -0.309 e. The zero-order chi connectivity index (χ0) is 14.0. The van der Waals surface area contributed by atoms with E-state index in [9.17, 15) is 20.2 Å². The van der Waals surface area contributed by atoms with Crippen molar-refractivity contribution >= 4 is 21.6 Å². The second-order valence-corrected chi connectivity index (χ2v) is 4.56. The molecule has 0 heterocycles. The standard InChI is InChI=1S/C10H11BrN2O5/c1-5-6(2)10(12(14)15)8(4-18-13(16)17)7(3)9(5)11/h4H2,1-3H3. The number of nitro benzene ring substituents is 1. The lowest BCUT2D eigenvalue weighted by atomic mass is 9.98. The number of halogens is 1. The fraction of sp³-hybridized carbons (Fsp3) is 0.400. The van der Waals surface area contributed by atoms with Crippen molar-refractivity contribution in [3.8, 4) is 0 Å². The maximum Gasteiger partial charge on any atom is 0.294 e. The predicted octanol–water partition coefficient (Wildman–Crippen LogP) is 2.99. The highest BCUT2D eigenvalue weighted by Crippen LogP contribution is 2.36. The maximum absolute atomic E-state index is 11.1. The first-order chi connectivity index (χ1) is 8.27. The normalized spacial score (nSPS) is 10.2. The van der Waals surface area contributed by atoms with Crippen LogP contribution in [0.5, 0.6) is 0 Å². The number of hydrogen-bond acceptors (Lipinski definition) is 5. The summed E-state index contributed by atoms with van der Waals surface area (Å²) < 4.78 is 0.701. The molecule has 0 bridgehead atoms. The Labute approximate surface area is 111 Å². The molecule has 0 amide bonds. The summed E-state index contributed by atoms with van der Waals surface area (Å²) in [6.45, 7) is 4.57. The van der Waals surface area contributed by atoms with Crippen LogP contribution in [0.15, 0.2) is 4.47 Å². The number of hydrogen-bond donors (Lipinski definition) is 0. The molecular formula is C10H11BrN2O5. The quantitative estimate of drug-likeness (QED) is 0.628. The SMILES string of the molecule is Cc1c(C)c([N+](=O)[O-])c(CO[N+](=O)[O-])c(C)c1Br. The molecule has 0 aromatic heterocycles. The molecule has 0 unspecified atom stereocenters. The summed E-state index contributed by atoms with van der Waals surface area (Å²) in [6, 6.07) is 0. The van der Waals surface area contributed by atoms with Crippen molar-refractivity contribution < 1.29 is 14.8 Å². The Morgan fingerprint density at radius 1 is 1.11 bits per heavy atom. The molecule has 0 fully saturated rings. The van der Waals surface area contributed by atoms with E-state index in [1.165, 1.54) is 0 Å². The second kappa shape index (κ2) is 5.30. The molecule has 8 heteroatoms. The third kappa shape index (κ3) is 2.58. The summed E-state index contributed by atoms with van der Waals surface area (Å²) in [6.07, 6.45) is 0. The van der Waals surface area contributed by atoms with E-state index < -0.39 is 16.6 Å². The van der Waals surface area contributed by atoms with Crippen molar-refractivity contribution in [3.05, 3.63) is 47.0 Å². The Morgan fingerprint density at radius 3 is 2.11 bits per heavy atom. The fourth-order valence-electron chi connectivity index (χ4n) is 1.70. The van der Waals surface area contributed by atoms with Crippen molar-refractivity contribution in [2.45, 2.75) is 27.4 Å². The Hall–Kier alpha value is -1.70. The van der Waals surface area contributed by atoms with Crippen LogP contribution in [0, 0.1) is 41.0 Å². The van der Waals surface area contributed by atoms with Crippen molar-refractivity contribution in [1.29, 1.82) is 0 Å². The number of nitrogens with zero attached hydrogens (tertiary/aromatic N) is 2. The molecule has 0 saturated heterocycles. The van der Waals surface area contributed by atoms with Crippen molar-refractivity contribution in [2.75, 3.05) is 0 Å². The molecule has 7 nitrogen and oxygen atoms in total. The first-order valence-corrected chi connectivity index (χ1v) is 5.76. The minimum atomic E-state index is -0.966. The smallest absolute Gasteiger partial charge is 0.294 e. The van der Waals surface area contributed by atoms with Gasteiger partial charge in [-0.15, -0.1) is 10.1 Å². The number of benzene rings is 1. The van der Waals surface area contributed by atoms with Gasteiger partial charge in [-0.3, -0.25) is 10.1 Å². The topological polar surface area (TPSA) is 95.5 Å². The van der Waals surface area contributed by atoms with Gasteiger partial charge in [-0.1, -0.05) is 15.9 Å². The number of rotatable bonds is 4. The molecule has 1 rings (SSSR count). The highest BCUT2D eigenvalue weighted by molar-refractivity contribution is 9.10. The first-order valence-electron chi connectivity index (χ1n) is 4.97. The van der Waals surface area contributed by atoms with Gasteiger partial charge in [0.05, 0.1) is 10.5 Å². The molecule has 0 saturated carbocycles. The lowest BCUT2D eigenvalue weighted by Gasteiger charge is -2.13. The van der Waals surface area contributed by atoms with E-state index in [1.807, 2.05) is 0 Å². The molecule has 0 N–H and O–H groups in total. The first kappa shape index (κ1) is 14.4. The lowest BCUT2D eigenvalue weighted by Crippen LogP contribution is -2.08. The van der Waals surface area contributed by atoms with E-state index >= 15 is 0 Å². The van der Waals surface area contributed by atoms with Crippen LogP contribution in [-0.2, 0) is 11.4 Å². The fourth-order valence-corrected chi connectivity index (χ4v) is 2.24. The molecule has 0 radical (unpaired) electrons. The van der Waals surface area contributed by atoms with E-state index in [2.05, 4.69) is 20.8 Å². The molecule has 1 aromatic rings. The van der Waals surface area contributed by atoms with Gasteiger partial charge >= 0.3 is 0 Å². The predicted molar refractivity (Wildman–Crippen MR) is 66.8 cm³/mol. The second-order valence-electron chi connectivity index (χ2n) is 3.77. The van der Waals surface area contributed by atoms with Crippen LogP contribution in [0.1, 0.15) is 22.3 Å². The van der Waals surface area contributed by atoms with Crippen LogP contribution in [0.3, 0.4) is 0 Å². The van der Waals surface area contributed by atoms with Crippen LogP contribution < -0.4 is 0 Å².